The Hall–Kier alpha value is -1.06. The highest BCUT2D eigenvalue weighted by molar-refractivity contribution is 5.29. The van der Waals surface area contributed by atoms with Crippen LogP contribution in [0.25, 0.3) is 0 Å². The number of nitrogens with two attached hydrogens (primary N) is 1. The molecule has 1 fully saturated rings. The van der Waals surface area contributed by atoms with E-state index >= 15 is 0 Å². The quantitative estimate of drug-likeness (QED) is 0.793. The minimum absolute atomic E-state index is 0.0780. The van der Waals surface area contributed by atoms with Gasteiger partial charge in [0.05, 0.1) is 6.61 Å². The van der Waals surface area contributed by atoms with Crippen LogP contribution in [0.15, 0.2) is 24.3 Å². The minimum atomic E-state index is 0.0780. The summed E-state index contributed by atoms with van der Waals surface area (Å²) in [4.78, 5) is 2.36. The van der Waals surface area contributed by atoms with Gasteiger partial charge < -0.3 is 15.4 Å². The second-order valence-electron chi connectivity index (χ2n) is 6.22. The molecule has 0 saturated heterocycles. The summed E-state index contributed by atoms with van der Waals surface area (Å²) < 4.78 is 5.59. The molecule has 20 heavy (non-hydrogen) atoms. The molecule has 0 aliphatic heterocycles. The van der Waals surface area contributed by atoms with Crippen molar-refractivity contribution in [3.8, 4) is 5.75 Å². The van der Waals surface area contributed by atoms with Crippen molar-refractivity contribution in [2.24, 2.45) is 17.6 Å². The van der Waals surface area contributed by atoms with E-state index in [-0.39, 0.29) is 6.04 Å². The lowest BCUT2D eigenvalue weighted by Gasteiger charge is -2.21. The van der Waals surface area contributed by atoms with Crippen LogP contribution >= 0.6 is 0 Å². The number of hydrogen-bond donors (Lipinski definition) is 1. The van der Waals surface area contributed by atoms with Gasteiger partial charge in [-0.15, -0.1) is 0 Å². The lowest BCUT2D eigenvalue weighted by Crippen LogP contribution is -2.30. The predicted molar refractivity (Wildman–Crippen MR) is 83.9 cm³/mol. The Morgan fingerprint density at radius 3 is 2.55 bits per heavy atom. The zero-order valence-electron chi connectivity index (χ0n) is 13.0. The molecular weight excluding hydrogens is 248 g/mol. The highest BCUT2D eigenvalue weighted by Gasteiger charge is 2.33. The Balaban J connectivity index is 1.80. The van der Waals surface area contributed by atoms with Gasteiger partial charge in [0.25, 0.3) is 0 Å². The summed E-state index contributed by atoms with van der Waals surface area (Å²) in [5, 5.41) is 0. The minimum Gasteiger partial charge on any atom is -0.494 e. The Morgan fingerprint density at radius 2 is 2.00 bits per heavy atom. The van der Waals surface area contributed by atoms with Crippen molar-refractivity contribution in [1.82, 2.24) is 4.90 Å². The smallest absolute Gasteiger partial charge is 0.119 e. The van der Waals surface area contributed by atoms with Crippen LogP contribution in [0.3, 0.4) is 0 Å². The van der Waals surface area contributed by atoms with Crippen molar-refractivity contribution < 1.29 is 4.74 Å². The van der Waals surface area contributed by atoms with Crippen molar-refractivity contribution in [3.63, 3.8) is 0 Å². The highest BCUT2D eigenvalue weighted by Crippen LogP contribution is 2.38. The zero-order chi connectivity index (χ0) is 14.5. The first kappa shape index (κ1) is 15.3. The van der Waals surface area contributed by atoms with E-state index in [4.69, 9.17) is 10.5 Å². The van der Waals surface area contributed by atoms with Gasteiger partial charge in [-0.2, -0.15) is 0 Å². The van der Waals surface area contributed by atoms with E-state index in [9.17, 15) is 0 Å². The summed E-state index contributed by atoms with van der Waals surface area (Å²) in [6.45, 7) is 7.30. The Labute approximate surface area is 123 Å². The van der Waals surface area contributed by atoms with E-state index in [2.05, 4.69) is 37.9 Å². The van der Waals surface area contributed by atoms with E-state index < -0.39 is 0 Å². The maximum atomic E-state index is 6.29. The molecule has 3 heteroatoms. The lowest BCUT2D eigenvalue weighted by molar-refractivity contribution is 0.295. The first-order valence-corrected chi connectivity index (χ1v) is 7.77. The number of rotatable bonds is 8. The first-order chi connectivity index (χ1) is 9.60. The largest absolute Gasteiger partial charge is 0.494 e. The number of benzene rings is 1. The maximum absolute atomic E-state index is 6.29. The van der Waals surface area contributed by atoms with Gasteiger partial charge in [-0.3, -0.25) is 0 Å². The van der Waals surface area contributed by atoms with Crippen molar-refractivity contribution in [3.05, 3.63) is 29.8 Å². The fraction of sp³-hybridized carbons (Fsp3) is 0.647. The van der Waals surface area contributed by atoms with Crippen molar-refractivity contribution >= 4 is 0 Å². The van der Waals surface area contributed by atoms with E-state index in [1.165, 1.54) is 18.5 Å². The van der Waals surface area contributed by atoms with Crippen LogP contribution in [0.1, 0.15) is 38.3 Å². The van der Waals surface area contributed by atoms with Crippen LogP contribution in [0.4, 0.5) is 0 Å². The zero-order valence-corrected chi connectivity index (χ0v) is 13.0. The van der Waals surface area contributed by atoms with Gasteiger partial charge in [0.15, 0.2) is 0 Å². The van der Waals surface area contributed by atoms with Crippen LogP contribution in [0, 0.1) is 11.8 Å². The highest BCUT2D eigenvalue weighted by atomic mass is 16.5. The van der Waals surface area contributed by atoms with Crippen LogP contribution < -0.4 is 10.5 Å². The summed E-state index contributed by atoms with van der Waals surface area (Å²) in [7, 11) is 2.17. The summed E-state index contributed by atoms with van der Waals surface area (Å²) in [6, 6.07) is 8.29. The van der Waals surface area contributed by atoms with Gasteiger partial charge in [-0.05, 0) is 49.4 Å². The van der Waals surface area contributed by atoms with Crippen LogP contribution in [-0.2, 0) is 0 Å². The molecule has 112 valence electrons. The number of ether oxygens (including phenoxy) is 1. The molecule has 1 aromatic rings. The van der Waals surface area contributed by atoms with Gasteiger partial charge in [0.1, 0.15) is 5.75 Å². The third-order valence-corrected chi connectivity index (χ3v) is 4.11. The van der Waals surface area contributed by atoms with E-state index in [1.54, 1.807) is 0 Å². The molecule has 0 amide bonds. The summed E-state index contributed by atoms with van der Waals surface area (Å²) in [5.41, 5.74) is 7.48. The third-order valence-electron chi connectivity index (χ3n) is 4.11. The van der Waals surface area contributed by atoms with Gasteiger partial charge >= 0.3 is 0 Å². The summed E-state index contributed by atoms with van der Waals surface area (Å²) in [5.74, 6) is 2.73. The second kappa shape index (κ2) is 7.09. The van der Waals surface area contributed by atoms with Gasteiger partial charge in [-0.25, -0.2) is 0 Å². The molecule has 3 unspecified atom stereocenters. The third kappa shape index (κ3) is 4.50. The van der Waals surface area contributed by atoms with E-state index in [0.29, 0.717) is 0 Å². The Morgan fingerprint density at radius 1 is 1.35 bits per heavy atom. The average molecular weight is 276 g/mol. The van der Waals surface area contributed by atoms with Gasteiger partial charge in [-0.1, -0.05) is 26.0 Å². The van der Waals surface area contributed by atoms with Crippen LogP contribution in [0.2, 0.25) is 0 Å². The number of likely N-dealkylation sites (N-methyl/N-ethyl adjacent to an activating group) is 1. The first-order valence-electron chi connectivity index (χ1n) is 7.77. The summed E-state index contributed by atoms with van der Waals surface area (Å²) in [6.07, 6.45) is 2.41. The topological polar surface area (TPSA) is 38.5 Å². The molecule has 0 spiro atoms. The molecular formula is C17H28N2O. The van der Waals surface area contributed by atoms with Crippen molar-refractivity contribution in [2.45, 2.75) is 32.7 Å². The molecule has 2 N–H and O–H groups in total. The lowest BCUT2D eigenvalue weighted by atomic mass is 10.1. The van der Waals surface area contributed by atoms with Crippen molar-refractivity contribution in [1.29, 1.82) is 0 Å². The van der Waals surface area contributed by atoms with E-state index in [1.807, 2.05) is 12.1 Å². The fourth-order valence-electron chi connectivity index (χ4n) is 2.60. The molecule has 0 bridgehead atoms. The molecule has 1 aliphatic rings. The number of nitrogens with zero attached hydrogens (tertiary/aromatic N) is 1. The Kier molecular flexibility index (Phi) is 5.44. The number of hydrogen-bond acceptors (Lipinski definition) is 3. The molecule has 0 aromatic heterocycles. The van der Waals surface area contributed by atoms with Crippen LogP contribution in [-0.4, -0.2) is 31.6 Å². The van der Waals surface area contributed by atoms with Gasteiger partial charge in [0, 0.05) is 19.1 Å². The van der Waals surface area contributed by atoms with E-state index in [0.717, 1.165) is 37.2 Å². The fourth-order valence-corrected chi connectivity index (χ4v) is 2.60. The molecule has 2 rings (SSSR count). The molecule has 1 aromatic carbocycles. The molecule has 3 atom stereocenters. The average Bonchev–Trinajstić information content (AvgIpc) is 3.12. The normalized spacial score (nSPS) is 22.9. The maximum Gasteiger partial charge on any atom is 0.119 e. The van der Waals surface area contributed by atoms with Crippen molar-refractivity contribution in [2.75, 3.05) is 26.7 Å². The SMILES string of the molecule is CCCOc1ccc(C(N)CN(C)CC2CC2C)cc1. The molecule has 1 aliphatic carbocycles. The predicted octanol–water partition coefficient (Wildman–Crippen LogP) is 3.06. The van der Waals surface area contributed by atoms with Crippen LogP contribution in [0.5, 0.6) is 5.75 Å². The van der Waals surface area contributed by atoms with Gasteiger partial charge in [0.2, 0.25) is 0 Å². The summed E-state index contributed by atoms with van der Waals surface area (Å²) >= 11 is 0. The Bertz CT molecular complexity index is 404. The molecule has 3 nitrogen and oxygen atoms in total. The molecule has 0 radical (unpaired) electrons. The molecule has 0 heterocycles. The monoisotopic (exact) mass is 276 g/mol. The molecule has 1 saturated carbocycles. The standard InChI is InChI=1S/C17H28N2O/c1-4-9-20-16-7-5-14(6-8-16)17(18)12-19(3)11-15-10-13(15)2/h5-8,13,15,17H,4,9-12,18H2,1-3H3. The second-order valence-corrected chi connectivity index (χ2v) is 6.22.